The van der Waals surface area contributed by atoms with Gasteiger partial charge in [0.1, 0.15) is 5.75 Å². The maximum Gasteiger partial charge on any atom is 0.337 e. The van der Waals surface area contributed by atoms with Crippen molar-refractivity contribution in [2.75, 3.05) is 56.7 Å². The summed E-state index contributed by atoms with van der Waals surface area (Å²) in [7, 11) is 1.35. The Hall–Kier alpha value is -3.06. The number of anilines is 2. The van der Waals surface area contributed by atoms with Crippen molar-refractivity contribution in [3.8, 4) is 5.75 Å². The Kier molecular flexibility index (Phi) is 8.11. The molecule has 0 spiro atoms. The Balaban J connectivity index is 1.79. The molecule has 0 saturated carbocycles. The number of esters is 1. The van der Waals surface area contributed by atoms with Gasteiger partial charge in [0.15, 0.2) is 0 Å². The highest BCUT2D eigenvalue weighted by molar-refractivity contribution is 6.07. The number of likely N-dealkylation sites (N-methyl/N-ethyl adjacent to an activating group) is 1. The summed E-state index contributed by atoms with van der Waals surface area (Å²) in [4.78, 5) is 29.7. The topological polar surface area (TPSA) is 71.1 Å². The third kappa shape index (κ3) is 6.01. The van der Waals surface area contributed by atoms with Crippen molar-refractivity contribution >= 4 is 23.3 Å². The van der Waals surface area contributed by atoms with Crippen molar-refractivity contribution in [2.24, 2.45) is 5.92 Å². The fraction of sp³-hybridized carbons (Fsp3) is 0.440. The van der Waals surface area contributed by atoms with Gasteiger partial charge in [0.25, 0.3) is 5.91 Å². The predicted octanol–water partition coefficient (Wildman–Crippen LogP) is 3.90. The van der Waals surface area contributed by atoms with Crippen LogP contribution in [-0.4, -0.2) is 63.2 Å². The first-order valence-electron chi connectivity index (χ1n) is 11.1. The molecule has 32 heavy (non-hydrogen) atoms. The van der Waals surface area contributed by atoms with Crippen LogP contribution in [0.1, 0.15) is 41.5 Å². The summed E-state index contributed by atoms with van der Waals surface area (Å²) >= 11 is 0. The third-order valence-electron chi connectivity index (χ3n) is 5.53. The van der Waals surface area contributed by atoms with Gasteiger partial charge in [0.05, 0.1) is 30.7 Å². The lowest BCUT2D eigenvalue weighted by Crippen LogP contribution is -2.46. The third-order valence-corrected chi connectivity index (χ3v) is 5.53. The molecule has 0 unspecified atom stereocenters. The van der Waals surface area contributed by atoms with E-state index in [1.807, 2.05) is 6.07 Å². The summed E-state index contributed by atoms with van der Waals surface area (Å²) in [5.74, 6) is 0.487. The van der Waals surface area contributed by atoms with E-state index < -0.39 is 5.97 Å². The molecule has 0 atom stereocenters. The van der Waals surface area contributed by atoms with E-state index in [2.05, 4.69) is 35.9 Å². The summed E-state index contributed by atoms with van der Waals surface area (Å²) in [6.07, 6.45) is 0. The number of piperazine rings is 1. The van der Waals surface area contributed by atoms with Crippen LogP contribution in [0.4, 0.5) is 11.4 Å². The van der Waals surface area contributed by atoms with Crippen LogP contribution in [-0.2, 0) is 4.74 Å². The van der Waals surface area contributed by atoms with Gasteiger partial charge in [-0.25, -0.2) is 4.79 Å². The summed E-state index contributed by atoms with van der Waals surface area (Å²) < 4.78 is 10.6. The maximum atomic E-state index is 13.0. The van der Waals surface area contributed by atoms with Crippen LogP contribution in [0.2, 0.25) is 0 Å². The first kappa shape index (κ1) is 23.6. The number of rotatable bonds is 8. The molecule has 1 N–H and O–H groups in total. The largest absolute Gasteiger partial charge is 0.493 e. The molecule has 1 saturated heterocycles. The van der Waals surface area contributed by atoms with E-state index in [1.165, 1.54) is 7.11 Å². The molecule has 172 valence electrons. The predicted molar refractivity (Wildman–Crippen MR) is 127 cm³/mol. The zero-order valence-corrected chi connectivity index (χ0v) is 19.4. The number of carbonyl (C=O) groups is 2. The number of hydrogen-bond acceptors (Lipinski definition) is 6. The van der Waals surface area contributed by atoms with Crippen molar-refractivity contribution in [1.82, 2.24) is 4.90 Å². The number of nitrogens with zero attached hydrogens (tertiary/aromatic N) is 2. The second kappa shape index (κ2) is 11.0. The van der Waals surface area contributed by atoms with Crippen LogP contribution in [0, 0.1) is 5.92 Å². The highest BCUT2D eigenvalue weighted by Gasteiger charge is 2.21. The van der Waals surface area contributed by atoms with Crippen molar-refractivity contribution in [3.63, 3.8) is 0 Å². The number of carbonyl (C=O) groups excluding carboxylic acids is 2. The summed E-state index contributed by atoms with van der Waals surface area (Å²) in [6, 6.07) is 12.4. The van der Waals surface area contributed by atoms with Gasteiger partial charge in [-0.05, 0) is 54.9 Å². The number of hydrogen-bond donors (Lipinski definition) is 1. The van der Waals surface area contributed by atoms with Crippen LogP contribution < -0.4 is 15.0 Å². The highest BCUT2D eigenvalue weighted by Crippen LogP contribution is 2.29. The lowest BCUT2D eigenvalue weighted by atomic mass is 10.1. The fourth-order valence-electron chi connectivity index (χ4n) is 3.62. The zero-order valence-electron chi connectivity index (χ0n) is 19.4. The van der Waals surface area contributed by atoms with Gasteiger partial charge < -0.3 is 24.6 Å². The van der Waals surface area contributed by atoms with E-state index in [1.54, 1.807) is 36.4 Å². The standard InChI is InChI=1S/C25H33N3O4/c1-5-27-12-14-28(15-13-27)23-11-8-20(25(30)31-4)16-22(23)26-24(29)19-6-9-21(10-7-19)32-17-18(2)3/h6-11,16,18H,5,12-15,17H2,1-4H3,(H,26,29). The molecule has 7 nitrogen and oxygen atoms in total. The minimum Gasteiger partial charge on any atom is -0.493 e. The second-order valence-corrected chi connectivity index (χ2v) is 8.33. The van der Waals surface area contributed by atoms with Crippen LogP contribution >= 0.6 is 0 Å². The van der Waals surface area contributed by atoms with Crippen LogP contribution in [0.3, 0.4) is 0 Å². The monoisotopic (exact) mass is 439 g/mol. The smallest absolute Gasteiger partial charge is 0.337 e. The molecule has 2 aromatic rings. The van der Waals surface area contributed by atoms with Gasteiger partial charge >= 0.3 is 5.97 Å². The van der Waals surface area contributed by atoms with Crippen molar-refractivity contribution in [3.05, 3.63) is 53.6 Å². The van der Waals surface area contributed by atoms with Crippen molar-refractivity contribution in [1.29, 1.82) is 0 Å². The van der Waals surface area contributed by atoms with E-state index in [0.717, 1.165) is 44.2 Å². The molecular weight excluding hydrogens is 406 g/mol. The summed E-state index contributed by atoms with van der Waals surface area (Å²) in [5.41, 5.74) is 2.42. The average molecular weight is 440 g/mol. The van der Waals surface area contributed by atoms with Gasteiger partial charge in [-0.3, -0.25) is 4.79 Å². The quantitative estimate of drug-likeness (QED) is 0.629. The lowest BCUT2D eigenvalue weighted by Gasteiger charge is -2.36. The summed E-state index contributed by atoms with van der Waals surface area (Å²) in [6.45, 7) is 11.6. The van der Waals surface area contributed by atoms with E-state index in [4.69, 9.17) is 9.47 Å². The first-order chi connectivity index (χ1) is 15.4. The van der Waals surface area contributed by atoms with Crippen molar-refractivity contribution in [2.45, 2.75) is 20.8 Å². The Morgan fingerprint density at radius 3 is 2.25 bits per heavy atom. The Morgan fingerprint density at radius 1 is 1.00 bits per heavy atom. The maximum absolute atomic E-state index is 13.0. The molecule has 0 radical (unpaired) electrons. The lowest BCUT2D eigenvalue weighted by molar-refractivity contribution is 0.0600. The van der Waals surface area contributed by atoms with Gasteiger partial charge in [0, 0.05) is 31.7 Å². The average Bonchev–Trinajstić information content (AvgIpc) is 2.82. The van der Waals surface area contributed by atoms with E-state index >= 15 is 0 Å². The minimum absolute atomic E-state index is 0.240. The van der Waals surface area contributed by atoms with E-state index in [-0.39, 0.29) is 5.91 Å². The molecule has 1 heterocycles. The number of ether oxygens (including phenoxy) is 2. The zero-order chi connectivity index (χ0) is 23.1. The molecule has 0 aromatic heterocycles. The minimum atomic E-state index is -0.436. The molecule has 7 heteroatoms. The van der Waals surface area contributed by atoms with Crippen LogP contribution in [0.15, 0.2) is 42.5 Å². The highest BCUT2D eigenvalue weighted by atomic mass is 16.5. The molecule has 2 aromatic carbocycles. The number of amides is 1. The van der Waals surface area contributed by atoms with E-state index in [0.29, 0.717) is 29.3 Å². The first-order valence-corrected chi connectivity index (χ1v) is 11.1. The van der Waals surface area contributed by atoms with Crippen LogP contribution in [0.25, 0.3) is 0 Å². The molecule has 3 rings (SSSR count). The molecule has 1 aliphatic rings. The Morgan fingerprint density at radius 2 is 1.66 bits per heavy atom. The van der Waals surface area contributed by atoms with Crippen LogP contribution in [0.5, 0.6) is 5.75 Å². The van der Waals surface area contributed by atoms with E-state index in [9.17, 15) is 9.59 Å². The number of nitrogens with one attached hydrogen (secondary N) is 1. The fourth-order valence-corrected chi connectivity index (χ4v) is 3.62. The second-order valence-electron chi connectivity index (χ2n) is 8.33. The molecule has 0 bridgehead atoms. The van der Waals surface area contributed by atoms with Crippen molar-refractivity contribution < 1.29 is 19.1 Å². The summed E-state index contributed by atoms with van der Waals surface area (Å²) in [5, 5.41) is 3.00. The normalized spacial score (nSPS) is 14.3. The SMILES string of the molecule is CCN1CCN(c2ccc(C(=O)OC)cc2NC(=O)c2ccc(OCC(C)C)cc2)CC1. The molecular formula is C25H33N3O4. The Bertz CT molecular complexity index is 919. The number of methoxy groups -OCH3 is 1. The van der Waals surface area contributed by atoms with Gasteiger partial charge in [-0.15, -0.1) is 0 Å². The number of benzene rings is 2. The van der Waals surface area contributed by atoms with Gasteiger partial charge in [0.2, 0.25) is 0 Å². The van der Waals surface area contributed by atoms with Gasteiger partial charge in [-0.2, -0.15) is 0 Å². The van der Waals surface area contributed by atoms with Gasteiger partial charge in [-0.1, -0.05) is 20.8 Å². The molecule has 1 aliphatic heterocycles. The molecule has 1 amide bonds. The molecule has 0 aliphatic carbocycles. The molecule has 1 fully saturated rings. The Labute approximate surface area is 190 Å².